The molecule has 1 heterocycles. The molecule has 2 N–H and O–H groups in total. The highest BCUT2D eigenvalue weighted by molar-refractivity contribution is 7.89. The van der Waals surface area contributed by atoms with Crippen molar-refractivity contribution in [3.05, 3.63) is 101 Å². The van der Waals surface area contributed by atoms with Crippen molar-refractivity contribution in [3.63, 3.8) is 0 Å². The van der Waals surface area contributed by atoms with Crippen LogP contribution in [-0.2, 0) is 27.8 Å². The predicted octanol–water partition coefficient (Wildman–Crippen LogP) is 4.01. The van der Waals surface area contributed by atoms with Crippen LogP contribution in [0.25, 0.3) is 5.57 Å². The summed E-state index contributed by atoms with van der Waals surface area (Å²) in [6.45, 7) is 0.632. The Labute approximate surface area is 187 Å². The van der Waals surface area contributed by atoms with E-state index in [1.807, 2.05) is 36.4 Å². The van der Waals surface area contributed by atoms with E-state index < -0.39 is 16.0 Å². The lowest BCUT2D eigenvalue weighted by Crippen LogP contribution is -2.24. The summed E-state index contributed by atoms with van der Waals surface area (Å²) in [6.07, 6.45) is 2.35. The van der Waals surface area contributed by atoms with Crippen LogP contribution in [0.15, 0.2) is 83.8 Å². The molecule has 3 aromatic carbocycles. The van der Waals surface area contributed by atoms with Gasteiger partial charge in [0.15, 0.2) is 0 Å². The molecular formula is C25H23NO5S. The minimum Gasteiger partial charge on any atom is -0.488 e. The van der Waals surface area contributed by atoms with Gasteiger partial charge in [-0.05, 0) is 52.9 Å². The maximum Gasteiger partial charge on any atom is 0.307 e. The number of rotatable bonds is 7. The van der Waals surface area contributed by atoms with Crippen LogP contribution in [0.5, 0.6) is 5.75 Å². The molecule has 0 fully saturated rings. The predicted molar refractivity (Wildman–Crippen MR) is 122 cm³/mol. The minimum atomic E-state index is -3.58. The van der Waals surface area contributed by atoms with Gasteiger partial charge in [-0.15, -0.1) is 0 Å². The zero-order valence-electron chi connectivity index (χ0n) is 17.3. The van der Waals surface area contributed by atoms with E-state index in [-0.39, 0.29) is 17.9 Å². The van der Waals surface area contributed by atoms with Crippen molar-refractivity contribution in [3.8, 4) is 5.75 Å². The first-order valence-corrected chi connectivity index (χ1v) is 11.7. The Balaban J connectivity index is 1.63. The number of sulfonamides is 1. The zero-order chi connectivity index (χ0) is 22.6. The van der Waals surface area contributed by atoms with Crippen molar-refractivity contribution < 1.29 is 23.1 Å². The molecule has 0 aliphatic carbocycles. The molecule has 0 atom stereocenters. The van der Waals surface area contributed by atoms with Crippen molar-refractivity contribution in [2.45, 2.75) is 24.3 Å². The van der Waals surface area contributed by atoms with Crippen LogP contribution in [-0.4, -0.2) is 26.0 Å². The lowest BCUT2D eigenvalue weighted by molar-refractivity contribution is -0.136. The maximum atomic E-state index is 12.5. The highest BCUT2D eigenvalue weighted by atomic mass is 32.2. The summed E-state index contributed by atoms with van der Waals surface area (Å²) in [5.41, 5.74) is 4.39. The third-order valence-electron chi connectivity index (χ3n) is 5.22. The van der Waals surface area contributed by atoms with Crippen LogP contribution in [0.3, 0.4) is 0 Å². The highest BCUT2D eigenvalue weighted by Gasteiger charge is 2.20. The molecule has 1 aliphatic heterocycles. The first kappa shape index (κ1) is 21.8. The Hall–Kier alpha value is -3.42. The SMILES string of the molecule is O=C(O)Cc1ccc2c(c1)/C(=C/CCNS(=O)(=O)c1ccccc1)c1ccccc1CO2. The van der Waals surface area contributed by atoms with Gasteiger partial charge in [-0.1, -0.05) is 54.6 Å². The Morgan fingerprint density at radius 1 is 1.00 bits per heavy atom. The van der Waals surface area contributed by atoms with Crippen LogP contribution in [0.4, 0.5) is 0 Å². The second-order valence-corrected chi connectivity index (χ2v) is 9.23. The summed E-state index contributed by atoms with van der Waals surface area (Å²) in [5, 5.41) is 9.18. The molecule has 4 rings (SSSR count). The second kappa shape index (κ2) is 9.38. The van der Waals surface area contributed by atoms with E-state index in [0.717, 1.165) is 22.3 Å². The average molecular weight is 450 g/mol. The average Bonchev–Trinajstić information content (AvgIpc) is 2.94. The van der Waals surface area contributed by atoms with Gasteiger partial charge in [0.25, 0.3) is 0 Å². The molecule has 0 radical (unpaired) electrons. The molecular weight excluding hydrogens is 426 g/mol. The number of nitrogens with one attached hydrogen (secondary N) is 1. The summed E-state index contributed by atoms with van der Waals surface area (Å²) >= 11 is 0. The number of carboxylic acids is 1. The number of fused-ring (bicyclic) bond motifs is 2. The van der Waals surface area contributed by atoms with Crippen molar-refractivity contribution in [2.24, 2.45) is 0 Å². The molecule has 0 spiro atoms. The standard InChI is InChI=1S/C25H23NO5S/c27-25(28)16-18-12-13-24-23(15-18)22(21-10-5-4-7-19(21)17-31-24)11-6-14-26-32(29,30)20-8-2-1-3-9-20/h1-5,7-13,15,26H,6,14,16-17H2,(H,27,28)/b22-11+. The van der Waals surface area contributed by atoms with E-state index in [9.17, 15) is 18.3 Å². The number of carboxylic acid groups (broad SMARTS) is 1. The number of carbonyl (C=O) groups is 1. The quantitative estimate of drug-likeness (QED) is 0.532. The van der Waals surface area contributed by atoms with Gasteiger partial charge >= 0.3 is 5.97 Å². The lowest BCUT2D eigenvalue weighted by Gasteiger charge is -2.12. The van der Waals surface area contributed by atoms with Gasteiger partial charge in [0, 0.05) is 12.1 Å². The fourth-order valence-corrected chi connectivity index (χ4v) is 4.79. The molecule has 0 aromatic heterocycles. The third kappa shape index (κ3) is 4.90. The minimum absolute atomic E-state index is 0.0842. The number of hydrogen-bond donors (Lipinski definition) is 2. The number of ether oxygens (including phenoxy) is 1. The highest BCUT2D eigenvalue weighted by Crippen LogP contribution is 2.37. The van der Waals surface area contributed by atoms with Gasteiger partial charge < -0.3 is 9.84 Å². The van der Waals surface area contributed by atoms with Crippen molar-refractivity contribution >= 4 is 21.6 Å². The Morgan fingerprint density at radius 3 is 2.53 bits per heavy atom. The molecule has 3 aromatic rings. The van der Waals surface area contributed by atoms with E-state index in [2.05, 4.69) is 4.72 Å². The molecule has 0 saturated carbocycles. The van der Waals surface area contributed by atoms with Crippen LogP contribution < -0.4 is 9.46 Å². The Kier molecular flexibility index (Phi) is 6.39. The van der Waals surface area contributed by atoms with Gasteiger partial charge in [-0.25, -0.2) is 13.1 Å². The molecule has 7 heteroatoms. The normalized spacial score (nSPS) is 14.2. The van der Waals surface area contributed by atoms with Gasteiger partial charge in [-0.3, -0.25) is 4.79 Å². The van der Waals surface area contributed by atoms with E-state index in [4.69, 9.17) is 4.74 Å². The van der Waals surface area contributed by atoms with Gasteiger partial charge in [0.05, 0.1) is 11.3 Å². The van der Waals surface area contributed by atoms with Crippen LogP contribution in [0.1, 0.15) is 28.7 Å². The molecule has 164 valence electrons. The van der Waals surface area contributed by atoms with Gasteiger partial charge in [-0.2, -0.15) is 0 Å². The number of aliphatic carboxylic acids is 1. The van der Waals surface area contributed by atoms with E-state index >= 15 is 0 Å². The largest absolute Gasteiger partial charge is 0.488 e. The van der Waals surface area contributed by atoms with Gasteiger partial charge in [0.2, 0.25) is 10.0 Å². The summed E-state index contributed by atoms with van der Waals surface area (Å²) < 4.78 is 33.6. The second-order valence-electron chi connectivity index (χ2n) is 7.46. The molecule has 0 unspecified atom stereocenters. The molecule has 0 amide bonds. The van der Waals surface area contributed by atoms with Crippen molar-refractivity contribution in [2.75, 3.05) is 6.54 Å². The van der Waals surface area contributed by atoms with E-state index in [0.29, 0.717) is 24.3 Å². The van der Waals surface area contributed by atoms with E-state index in [1.165, 1.54) is 0 Å². The lowest BCUT2D eigenvalue weighted by atomic mass is 9.92. The van der Waals surface area contributed by atoms with Crippen LogP contribution in [0.2, 0.25) is 0 Å². The summed E-state index contributed by atoms with van der Waals surface area (Å²) in [6, 6.07) is 21.5. The fourth-order valence-electron chi connectivity index (χ4n) is 3.72. The molecule has 1 aliphatic rings. The third-order valence-corrected chi connectivity index (χ3v) is 6.70. The molecule has 0 bridgehead atoms. The van der Waals surface area contributed by atoms with Gasteiger partial charge in [0.1, 0.15) is 12.4 Å². The fraction of sp³-hybridized carbons (Fsp3) is 0.160. The first-order chi connectivity index (χ1) is 15.4. The van der Waals surface area contributed by atoms with Crippen LogP contribution >= 0.6 is 0 Å². The monoisotopic (exact) mass is 449 g/mol. The zero-order valence-corrected chi connectivity index (χ0v) is 18.1. The summed E-state index contributed by atoms with van der Waals surface area (Å²) in [4.78, 5) is 11.4. The maximum absolute atomic E-state index is 12.5. The molecule has 6 nitrogen and oxygen atoms in total. The Bertz CT molecular complexity index is 1270. The topological polar surface area (TPSA) is 92.7 Å². The molecule has 32 heavy (non-hydrogen) atoms. The number of hydrogen-bond acceptors (Lipinski definition) is 4. The number of benzene rings is 3. The van der Waals surface area contributed by atoms with E-state index in [1.54, 1.807) is 42.5 Å². The molecule has 0 saturated heterocycles. The Morgan fingerprint density at radius 2 is 1.75 bits per heavy atom. The summed E-state index contributed by atoms with van der Waals surface area (Å²) in [5.74, 6) is -0.229. The summed E-state index contributed by atoms with van der Waals surface area (Å²) in [7, 11) is -3.58. The van der Waals surface area contributed by atoms with Crippen molar-refractivity contribution in [1.29, 1.82) is 0 Å². The smallest absolute Gasteiger partial charge is 0.307 e. The first-order valence-electron chi connectivity index (χ1n) is 10.2. The van der Waals surface area contributed by atoms with Crippen molar-refractivity contribution in [1.82, 2.24) is 4.72 Å². The van der Waals surface area contributed by atoms with Crippen LogP contribution in [0, 0.1) is 0 Å².